The summed E-state index contributed by atoms with van der Waals surface area (Å²) < 4.78 is 0. The number of rotatable bonds is 1. The molecule has 0 aromatic carbocycles. The van der Waals surface area contributed by atoms with E-state index in [-0.39, 0.29) is 6.04 Å². The van der Waals surface area contributed by atoms with Gasteiger partial charge in [-0.3, -0.25) is 0 Å². The molecule has 0 aliphatic heterocycles. The standard InChI is InChI=1S/C11H17NOS/c1-8-2-3-10(14-8)11(13)6-4-9(12)5-7-11/h2-3,9,13H,4-7,12H2,1H3. The van der Waals surface area contributed by atoms with Gasteiger partial charge in [0.2, 0.25) is 0 Å². The molecule has 0 saturated heterocycles. The SMILES string of the molecule is Cc1ccc(C2(O)CCC(N)CC2)s1. The van der Waals surface area contributed by atoms with Crippen molar-refractivity contribution in [2.45, 2.75) is 44.2 Å². The van der Waals surface area contributed by atoms with Crippen molar-refractivity contribution in [2.75, 3.05) is 0 Å². The van der Waals surface area contributed by atoms with Gasteiger partial charge in [0, 0.05) is 15.8 Å². The fourth-order valence-electron chi connectivity index (χ4n) is 2.05. The van der Waals surface area contributed by atoms with Crippen LogP contribution in [0.2, 0.25) is 0 Å². The highest BCUT2D eigenvalue weighted by molar-refractivity contribution is 7.12. The second-order valence-corrected chi connectivity index (χ2v) is 5.57. The molecule has 1 aliphatic carbocycles. The van der Waals surface area contributed by atoms with Crippen molar-refractivity contribution in [1.82, 2.24) is 0 Å². The maximum atomic E-state index is 10.4. The fourth-order valence-corrected chi connectivity index (χ4v) is 3.06. The van der Waals surface area contributed by atoms with Crippen LogP contribution in [0.15, 0.2) is 12.1 Å². The molecule has 1 aliphatic rings. The Labute approximate surface area is 88.8 Å². The molecule has 0 radical (unpaired) electrons. The summed E-state index contributed by atoms with van der Waals surface area (Å²) in [5.41, 5.74) is 5.24. The lowest BCUT2D eigenvalue weighted by Gasteiger charge is -2.33. The highest BCUT2D eigenvalue weighted by atomic mass is 32.1. The summed E-state index contributed by atoms with van der Waals surface area (Å²) in [7, 11) is 0. The third kappa shape index (κ3) is 1.85. The van der Waals surface area contributed by atoms with Crippen LogP contribution in [-0.2, 0) is 5.60 Å². The van der Waals surface area contributed by atoms with Gasteiger partial charge in [0.05, 0.1) is 5.60 Å². The van der Waals surface area contributed by atoms with E-state index in [0.29, 0.717) is 0 Å². The molecule has 0 spiro atoms. The normalized spacial score (nSPS) is 33.2. The molecule has 78 valence electrons. The molecule has 14 heavy (non-hydrogen) atoms. The second-order valence-electron chi connectivity index (χ2n) is 4.28. The molecular formula is C11H17NOS. The van der Waals surface area contributed by atoms with Crippen molar-refractivity contribution in [3.05, 3.63) is 21.9 Å². The smallest absolute Gasteiger partial charge is 0.0989 e. The van der Waals surface area contributed by atoms with Gasteiger partial charge < -0.3 is 10.8 Å². The highest BCUT2D eigenvalue weighted by Gasteiger charge is 2.34. The molecule has 3 heteroatoms. The molecule has 0 atom stereocenters. The molecule has 2 rings (SSSR count). The van der Waals surface area contributed by atoms with Gasteiger partial charge in [-0.05, 0) is 44.7 Å². The Morgan fingerprint density at radius 2 is 2.07 bits per heavy atom. The van der Waals surface area contributed by atoms with Gasteiger partial charge >= 0.3 is 0 Å². The molecule has 0 unspecified atom stereocenters. The third-order valence-corrected chi connectivity index (χ3v) is 4.25. The molecule has 1 fully saturated rings. The van der Waals surface area contributed by atoms with E-state index in [1.165, 1.54) is 4.88 Å². The lowest BCUT2D eigenvalue weighted by molar-refractivity contribution is -0.00157. The van der Waals surface area contributed by atoms with Crippen LogP contribution in [0.25, 0.3) is 0 Å². The zero-order valence-corrected chi connectivity index (χ0v) is 9.31. The van der Waals surface area contributed by atoms with Crippen LogP contribution in [-0.4, -0.2) is 11.1 Å². The molecule has 1 heterocycles. The number of aliphatic hydroxyl groups is 1. The lowest BCUT2D eigenvalue weighted by atomic mass is 9.81. The number of nitrogens with two attached hydrogens (primary N) is 1. The number of aryl methyl sites for hydroxylation is 1. The Bertz CT molecular complexity index is 313. The van der Waals surface area contributed by atoms with E-state index in [9.17, 15) is 5.11 Å². The zero-order valence-electron chi connectivity index (χ0n) is 8.49. The minimum absolute atomic E-state index is 0.288. The van der Waals surface area contributed by atoms with Crippen LogP contribution < -0.4 is 5.73 Å². The van der Waals surface area contributed by atoms with Crippen molar-refractivity contribution in [3.63, 3.8) is 0 Å². The van der Waals surface area contributed by atoms with Crippen LogP contribution in [0, 0.1) is 6.92 Å². The summed E-state index contributed by atoms with van der Waals surface area (Å²) in [6, 6.07) is 4.42. The first-order chi connectivity index (χ1) is 6.60. The fraction of sp³-hybridized carbons (Fsp3) is 0.636. The summed E-state index contributed by atoms with van der Waals surface area (Å²) in [4.78, 5) is 2.38. The number of hydrogen-bond donors (Lipinski definition) is 2. The Kier molecular flexibility index (Phi) is 2.64. The molecule has 1 aromatic rings. The number of hydrogen-bond acceptors (Lipinski definition) is 3. The Hall–Kier alpha value is -0.380. The summed E-state index contributed by atoms with van der Waals surface area (Å²) in [6.45, 7) is 2.08. The van der Waals surface area contributed by atoms with Crippen LogP contribution in [0.4, 0.5) is 0 Å². The van der Waals surface area contributed by atoms with E-state index in [1.807, 2.05) is 0 Å². The zero-order chi connectivity index (χ0) is 10.2. The van der Waals surface area contributed by atoms with Crippen LogP contribution in [0.1, 0.15) is 35.4 Å². The first-order valence-electron chi connectivity index (χ1n) is 5.15. The Morgan fingerprint density at radius 3 is 2.57 bits per heavy atom. The molecule has 0 bridgehead atoms. The van der Waals surface area contributed by atoms with E-state index in [4.69, 9.17) is 5.73 Å². The minimum atomic E-state index is -0.588. The largest absolute Gasteiger partial charge is 0.384 e. The molecule has 3 N–H and O–H groups in total. The maximum absolute atomic E-state index is 10.4. The van der Waals surface area contributed by atoms with Crippen molar-refractivity contribution < 1.29 is 5.11 Å². The first-order valence-corrected chi connectivity index (χ1v) is 5.97. The minimum Gasteiger partial charge on any atom is -0.384 e. The van der Waals surface area contributed by atoms with Gasteiger partial charge in [-0.15, -0.1) is 11.3 Å². The van der Waals surface area contributed by atoms with Crippen LogP contribution in [0.3, 0.4) is 0 Å². The predicted molar refractivity (Wildman–Crippen MR) is 59.4 cm³/mol. The van der Waals surface area contributed by atoms with Crippen molar-refractivity contribution in [1.29, 1.82) is 0 Å². The van der Waals surface area contributed by atoms with Gasteiger partial charge in [0.25, 0.3) is 0 Å². The topological polar surface area (TPSA) is 46.2 Å². The van der Waals surface area contributed by atoms with Crippen LogP contribution >= 0.6 is 11.3 Å². The third-order valence-electron chi connectivity index (χ3n) is 3.06. The van der Waals surface area contributed by atoms with Crippen molar-refractivity contribution in [2.24, 2.45) is 5.73 Å². The summed E-state index contributed by atoms with van der Waals surface area (Å²) in [6.07, 6.45) is 3.50. The Balaban J connectivity index is 2.16. The highest BCUT2D eigenvalue weighted by Crippen LogP contribution is 2.39. The first kappa shape index (κ1) is 10.1. The van der Waals surface area contributed by atoms with Crippen molar-refractivity contribution >= 4 is 11.3 Å². The van der Waals surface area contributed by atoms with E-state index >= 15 is 0 Å². The van der Waals surface area contributed by atoms with Gasteiger partial charge in [-0.2, -0.15) is 0 Å². The summed E-state index contributed by atoms with van der Waals surface area (Å²) in [5.74, 6) is 0. The lowest BCUT2D eigenvalue weighted by Crippen LogP contribution is -2.36. The van der Waals surface area contributed by atoms with Crippen LogP contribution in [0.5, 0.6) is 0 Å². The van der Waals surface area contributed by atoms with Gasteiger partial charge in [0.15, 0.2) is 0 Å². The molecule has 1 saturated carbocycles. The average molecular weight is 211 g/mol. The van der Waals surface area contributed by atoms with Gasteiger partial charge in [-0.25, -0.2) is 0 Å². The van der Waals surface area contributed by atoms with E-state index in [1.54, 1.807) is 11.3 Å². The molecule has 2 nitrogen and oxygen atoms in total. The summed E-state index contributed by atoms with van der Waals surface area (Å²) >= 11 is 1.70. The van der Waals surface area contributed by atoms with Gasteiger partial charge in [-0.1, -0.05) is 0 Å². The summed E-state index contributed by atoms with van der Waals surface area (Å²) in [5, 5.41) is 10.4. The molecular weight excluding hydrogens is 194 g/mol. The van der Waals surface area contributed by atoms with E-state index in [0.717, 1.165) is 30.6 Å². The number of thiophene rings is 1. The molecule has 0 amide bonds. The monoisotopic (exact) mass is 211 g/mol. The maximum Gasteiger partial charge on any atom is 0.0989 e. The predicted octanol–water partition coefficient (Wildman–Crippen LogP) is 2.15. The van der Waals surface area contributed by atoms with E-state index in [2.05, 4.69) is 19.1 Å². The Morgan fingerprint density at radius 1 is 1.43 bits per heavy atom. The van der Waals surface area contributed by atoms with Crippen molar-refractivity contribution in [3.8, 4) is 0 Å². The quantitative estimate of drug-likeness (QED) is 0.747. The average Bonchev–Trinajstić information content (AvgIpc) is 2.58. The molecule has 1 aromatic heterocycles. The van der Waals surface area contributed by atoms with E-state index < -0.39 is 5.60 Å². The van der Waals surface area contributed by atoms with Gasteiger partial charge in [0.1, 0.15) is 0 Å². The second kappa shape index (κ2) is 3.65.